The third-order valence-corrected chi connectivity index (χ3v) is 4.34. The minimum atomic E-state index is 0.246. The highest BCUT2D eigenvalue weighted by molar-refractivity contribution is 9.09. The summed E-state index contributed by atoms with van der Waals surface area (Å²) in [4.78, 5) is 12.0. The van der Waals surface area contributed by atoms with E-state index in [1.54, 1.807) is 0 Å². The lowest BCUT2D eigenvalue weighted by molar-refractivity contribution is -0.124. The first-order chi connectivity index (χ1) is 6.74. The van der Waals surface area contributed by atoms with Gasteiger partial charge in [0, 0.05) is 23.0 Å². The molecule has 0 aliphatic carbocycles. The molecule has 0 aromatic rings. The molecule has 0 bridgehead atoms. The monoisotopic (exact) mass is 279 g/mol. The Morgan fingerprint density at radius 3 is 3.07 bits per heavy atom. The predicted octanol–water partition coefficient (Wildman–Crippen LogP) is 2.42. The van der Waals surface area contributed by atoms with Gasteiger partial charge in [-0.1, -0.05) is 29.3 Å². The molecule has 0 spiro atoms. The Balaban J connectivity index is 2.13. The van der Waals surface area contributed by atoms with Gasteiger partial charge in [-0.3, -0.25) is 4.79 Å². The van der Waals surface area contributed by atoms with E-state index in [4.69, 9.17) is 0 Å². The van der Waals surface area contributed by atoms with Gasteiger partial charge in [0.2, 0.25) is 5.91 Å². The summed E-state index contributed by atoms with van der Waals surface area (Å²) >= 11 is 5.44. The van der Waals surface area contributed by atoms with Crippen LogP contribution in [0, 0.1) is 5.92 Å². The second-order valence-corrected chi connectivity index (χ2v) is 6.14. The van der Waals surface area contributed by atoms with Crippen molar-refractivity contribution in [2.45, 2.75) is 31.0 Å². The summed E-state index contributed by atoms with van der Waals surface area (Å²) in [5, 5.41) is 3.01. The molecule has 0 saturated carbocycles. The summed E-state index contributed by atoms with van der Waals surface area (Å²) in [5.41, 5.74) is 0. The number of thioether (sulfide) groups is 1. The van der Waals surface area contributed by atoms with Gasteiger partial charge in [0.1, 0.15) is 0 Å². The van der Waals surface area contributed by atoms with E-state index < -0.39 is 0 Å². The van der Waals surface area contributed by atoms with Gasteiger partial charge in [0.15, 0.2) is 0 Å². The average Bonchev–Trinajstić information content (AvgIpc) is 2.67. The molecule has 4 heteroatoms. The third kappa shape index (κ3) is 4.22. The van der Waals surface area contributed by atoms with Crippen molar-refractivity contribution in [1.29, 1.82) is 0 Å². The number of rotatable bonds is 5. The molecule has 0 aromatic carbocycles. The topological polar surface area (TPSA) is 29.1 Å². The van der Waals surface area contributed by atoms with Crippen LogP contribution < -0.4 is 5.32 Å². The first kappa shape index (κ1) is 12.4. The number of hydrogen-bond acceptors (Lipinski definition) is 2. The van der Waals surface area contributed by atoms with Gasteiger partial charge in [-0.2, -0.15) is 11.8 Å². The van der Waals surface area contributed by atoms with Crippen LogP contribution in [0.25, 0.3) is 0 Å². The Morgan fingerprint density at radius 2 is 2.50 bits per heavy atom. The van der Waals surface area contributed by atoms with Crippen molar-refractivity contribution >= 4 is 33.6 Å². The van der Waals surface area contributed by atoms with Gasteiger partial charge in [-0.15, -0.1) is 0 Å². The summed E-state index contributed by atoms with van der Waals surface area (Å²) in [6.45, 7) is 2.93. The van der Waals surface area contributed by atoms with Crippen molar-refractivity contribution in [2.24, 2.45) is 5.92 Å². The van der Waals surface area contributed by atoms with E-state index in [-0.39, 0.29) is 11.8 Å². The number of amides is 1. The van der Waals surface area contributed by atoms with Gasteiger partial charge < -0.3 is 5.32 Å². The summed E-state index contributed by atoms with van der Waals surface area (Å²) in [5.74, 6) is 2.66. The molecule has 1 amide bonds. The summed E-state index contributed by atoms with van der Waals surface area (Å²) in [6.07, 6.45) is 3.34. The van der Waals surface area contributed by atoms with E-state index in [1.807, 2.05) is 11.8 Å². The Labute approximate surface area is 98.7 Å². The van der Waals surface area contributed by atoms with E-state index in [1.165, 1.54) is 0 Å². The highest BCUT2D eigenvalue weighted by Gasteiger charge is 2.22. The molecule has 0 aromatic heterocycles. The molecule has 1 heterocycles. The highest BCUT2D eigenvalue weighted by Crippen LogP contribution is 2.23. The van der Waals surface area contributed by atoms with Crippen LogP contribution in [0.5, 0.6) is 0 Å². The summed E-state index contributed by atoms with van der Waals surface area (Å²) in [6, 6.07) is 0. The summed E-state index contributed by atoms with van der Waals surface area (Å²) < 4.78 is 0. The maximum absolute atomic E-state index is 11.6. The minimum Gasteiger partial charge on any atom is -0.355 e. The number of halogens is 1. The SMILES string of the molecule is CCCC(Br)CNC(=O)C1CCSC1. The number of nitrogens with one attached hydrogen (secondary N) is 1. The average molecular weight is 280 g/mol. The standard InChI is InChI=1S/C10H18BrNOS/c1-2-3-9(11)6-12-10(13)8-4-5-14-7-8/h8-9H,2-7H2,1H3,(H,12,13). The first-order valence-corrected chi connectivity index (χ1v) is 7.30. The lowest BCUT2D eigenvalue weighted by atomic mass is 10.1. The lowest BCUT2D eigenvalue weighted by Gasteiger charge is -2.12. The fraction of sp³-hybridized carbons (Fsp3) is 0.900. The molecular formula is C10H18BrNOS. The molecule has 2 unspecified atom stereocenters. The Bertz CT molecular complexity index is 183. The van der Waals surface area contributed by atoms with E-state index >= 15 is 0 Å². The maximum atomic E-state index is 11.6. The molecule has 1 aliphatic rings. The number of hydrogen-bond donors (Lipinski definition) is 1. The van der Waals surface area contributed by atoms with Crippen LogP contribution in [0.1, 0.15) is 26.2 Å². The normalized spacial score (nSPS) is 23.4. The van der Waals surface area contributed by atoms with Crippen LogP contribution in [0.4, 0.5) is 0 Å². The minimum absolute atomic E-state index is 0.246. The Hall–Kier alpha value is 0.300. The smallest absolute Gasteiger partial charge is 0.224 e. The number of carbonyl (C=O) groups is 1. The maximum Gasteiger partial charge on any atom is 0.224 e. The zero-order chi connectivity index (χ0) is 10.4. The van der Waals surface area contributed by atoms with E-state index in [2.05, 4.69) is 28.2 Å². The zero-order valence-corrected chi connectivity index (χ0v) is 11.0. The van der Waals surface area contributed by atoms with Crippen molar-refractivity contribution in [3.63, 3.8) is 0 Å². The predicted molar refractivity (Wildman–Crippen MR) is 66.1 cm³/mol. The van der Waals surface area contributed by atoms with Crippen LogP contribution in [0.3, 0.4) is 0 Å². The molecule has 1 N–H and O–H groups in total. The molecule has 1 aliphatic heterocycles. The van der Waals surface area contributed by atoms with Gasteiger partial charge in [0.05, 0.1) is 0 Å². The molecule has 1 fully saturated rings. The van der Waals surface area contributed by atoms with Gasteiger partial charge in [-0.25, -0.2) is 0 Å². The van der Waals surface area contributed by atoms with Crippen LogP contribution >= 0.6 is 27.7 Å². The second kappa shape index (κ2) is 6.72. The quantitative estimate of drug-likeness (QED) is 0.784. The number of alkyl halides is 1. The van der Waals surface area contributed by atoms with Crippen molar-refractivity contribution in [2.75, 3.05) is 18.1 Å². The van der Waals surface area contributed by atoms with Crippen molar-refractivity contribution in [3.8, 4) is 0 Å². The highest BCUT2D eigenvalue weighted by atomic mass is 79.9. The lowest BCUT2D eigenvalue weighted by Crippen LogP contribution is -2.34. The zero-order valence-electron chi connectivity index (χ0n) is 8.59. The molecule has 0 radical (unpaired) electrons. The molecule has 1 saturated heterocycles. The van der Waals surface area contributed by atoms with E-state index in [0.717, 1.165) is 37.3 Å². The van der Waals surface area contributed by atoms with Crippen LogP contribution in [0.15, 0.2) is 0 Å². The van der Waals surface area contributed by atoms with E-state index in [0.29, 0.717) is 4.83 Å². The number of carbonyl (C=O) groups excluding carboxylic acids is 1. The fourth-order valence-electron chi connectivity index (χ4n) is 1.51. The van der Waals surface area contributed by atoms with Crippen LogP contribution in [0.2, 0.25) is 0 Å². The summed E-state index contributed by atoms with van der Waals surface area (Å²) in [7, 11) is 0. The van der Waals surface area contributed by atoms with Gasteiger partial charge in [0.25, 0.3) is 0 Å². The molecule has 82 valence electrons. The van der Waals surface area contributed by atoms with Gasteiger partial charge >= 0.3 is 0 Å². The fourth-order valence-corrected chi connectivity index (χ4v) is 3.35. The largest absolute Gasteiger partial charge is 0.355 e. The third-order valence-electron chi connectivity index (χ3n) is 2.40. The van der Waals surface area contributed by atoms with Gasteiger partial charge in [-0.05, 0) is 18.6 Å². The van der Waals surface area contributed by atoms with Crippen molar-refractivity contribution in [1.82, 2.24) is 5.32 Å². The van der Waals surface area contributed by atoms with Crippen LogP contribution in [-0.4, -0.2) is 28.8 Å². The first-order valence-electron chi connectivity index (χ1n) is 5.23. The van der Waals surface area contributed by atoms with Crippen molar-refractivity contribution < 1.29 is 4.79 Å². The molecule has 2 nitrogen and oxygen atoms in total. The van der Waals surface area contributed by atoms with Crippen molar-refractivity contribution in [3.05, 3.63) is 0 Å². The molecular weight excluding hydrogens is 262 g/mol. The second-order valence-electron chi connectivity index (χ2n) is 3.69. The van der Waals surface area contributed by atoms with Crippen LogP contribution in [-0.2, 0) is 4.79 Å². The Morgan fingerprint density at radius 1 is 1.71 bits per heavy atom. The molecule has 14 heavy (non-hydrogen) atoms. The molecule has 1 rings (SSSR count). The Kier molecular flexibility index (Phi) is 5.94. The van der Waals surface area contributed by atoms with E-state index in [9.17, 15) is 4.79 Å². The molecule has 2 atom stereocenters.